The van der Waals surface area contributed by atoms with Crippen molar-refractivity contribution in [1.82, 2.24) is 0 Å². The van der Waals surface area contributed by atoms with Gasteiger partial charge >= 0.3 is 20.3 Å². The van der Waals surface area contributed by atoms with Gasteiger partial charge in [0.15, 0.2) is 0 Å². The third-order valence-corrected chi connectivity index (χ3v) is 8.91. The van der Waals surface area contributed by atoms with E-state index in [1.807, 2.05) is 0 Å². The molecule has 4 fully saturated rings. The van der Waals surface area contributed by atoms with Gasteiger partial charge in [-0.05, 0) is 54.7 Å². The molecule has 4 aliphatic carbocycles. The Balaban J connectivity index is 1.89. The van der Waals surface area contributed by atoms with E-state index in [0.717, 1.165) is 12.5 Å². The SMILES string of the molecule is C=CC(=O)OC12CC3CC(C1)CC(SS(=O)(=O)C(F)(F)F)(C3)C2. The fourth-order valence-corrected chi connectivity index (χ4v) is 8.60. The lowest BCUT2D eigenvalue weighted by Crippen LogP contribution is -2.59. The van der Waals surface area contributed by atoms with E-state index >= 15 is 0 Å². The quantitative estimate of drug-likeness (QED) is 0.431. The highest BCUT2D eigenvalue weighted by Gasteiger charge is 2.63. The first-order valence-electron chi connectivity index (χ1n) is 7.36. The van der Waals surface area contributed by atoms with Crippen LogP contribution in [0.25, 0.3) is 0 Å². The third kappa shape index (κ3) is 3.01. The van der Waals surface area contributed by atoms with E-state index in [2.05, 4.69) is 6.58 Å². The summed E-state index contributed by atoms with van der Waals surface area (Å²) in [7, 11) is -5.24. The minimum Gasteiger partial charge on any atom is -0.456 e. The Kier molecular flexibility index (Phi) is 3.83. The molecule has 23 heavy (non-hydrogen) atoms. The lowest BCUT2D eigenvalue weighted by molar-refractivity contribution is -0.177. The summed E-state index contributed by atoms with van der Waals surface area (Å²) in [5.41, 5.74) is -6.12. The van der Waals surface area contributed by atoms with Crippen molar-refractivity contribution in [3.05, 3.63) is 12.7 Å². The highest BCUT2D eigenvalue weighted by molar-refractivity contribution is 8.72. The summed E-state index contributed by atoms with van der Waals surface area (Å²) in [6.07, 6.45) is 4.10. The molecule has 2 unspecified atom stereocenters. The molecule has 0 saturated heterocycles. The van der Waals surface area contributed by atoms with E-state index in [1.54, 1.807) is 0 Å². The Bertz CT molecular complexity index is 627. The molecule has 130 valence electrons. The molecular formula is C14H17F3O4S2. The van der Waals surface area contributed by atoms with Crippen LogP contribution in [-0.4, -0.2) is 30.2 Å². The van der Waals surface area contributed by atoms with Gasteiger partial charge in [-0.2, -0.15) is 13.2 Å². The van der Waals surface area contributed by atoms with Crippen molar-refractivity contribution in [2.24, 2.45) is 11.8 Å². The van der Waals surface area contributed by atoms with Crippen molar-refractivity contribution in [1.29, 1.82) is 0 Å². The minimum absolute atomic E-state index is 0.0297. The molecule has 0 radical (unpaired) electrons. The number of halogens is 3. The maximum Gasteiger partial charge on any atom is 0.507 e. The fraction of sp³-hybridized carbons (Fsp3) is 0.786. The molecular weight excluding hydrogens is 353 g/mol. The van der Waals surface area contributed by atoms with Crippen LogP contribution >= 0.6 is 10.8 Å². The van der Waals surface area contributed by atoms with Gasteiger partial charge in [0.25, 0.3) is 0 Å². The molecule has 0 aromatic rings. The van der Waals surface area contributed by atoms with E-state index < -0.39 is 30.7 Å². The van der Waals surface area contributed by atoms with Crippen molar-refractivity contribution >= 4 is 25.6 Å². The Hall–Kier alpha value is -0.700. The van der Waals surface area contributed by atoms with Crippen LogP contribution in [0.4, 0.5) is 13.2 Å². The summed E-state index contributed by atoms with van der Waals surface area (Å²) >= 11 is 0. The Morgan fingerprint density at radius 1 is 1.22 bits per heavy atom. The summed E-state index contributed by atoms with van der Waals surface area (Å²) in [4.78, 5) is 11.6. The first kappa shape index (κ1) is 17.1. The second kappa shape index (κ2) is 5.15. The number of esters is 1. The van der Waals surface area contributed by atoms with Gasteiger partial charge in [0.05, 0.1) is 0 Å². The van der Waals surface area contributed by atoms with Gasteiger partial charge in [0, 0.05) is 17.2 Å². The van der Waals surface area contributed by atoms with Gasteiger partial charge in [-0.3, -0.25) is 0 Å². The highest BCUT2D eigenvalue weighted by atomic mass is 33.1. The fourth-order valence-electron chi connectivity index (χ4n) is 4.85. The summed E-state index contributed by atoms with van der Waals surface area (Å²) in [5, 5.41) is 0. The van der Waals surface area contributed by atoms with Crippen LogP contribution in [0.3, 0.4) is 0 Å². The summed E-state index contributed by atoms with van der Waals surface area (Å²) < 4.78 is 66.0. The zero-order valence-corrected chi connectivity index (χ0v) is 13.9. The molecule has 9 heteroatoms. The van der Waals surface area contributed by atoms with Crippen LogP contribution in [0.15, 0.2) is 12.7 Å². The smallest absolute Gasteiger partial charge is 0.456 e. The molecule has 2 atom stereocenters. The zero-order valence-electron chi connectivity index (χ0n) is 12.3. The average Bonchev–Trinajstić information content (AvgIpc) is 2.33. The Morgan fingerprint density at radius 2 is 1.78 bits per heavy atom. The van der Waals surface area contributed by atoms with Crippen LogP contribution < -0.4 is 0 Å². The molecule has 0 aromatic carbocycles. The van der Waals surface area contributed by atoms with Crippen molar-refractivity contribution < 1.29 is 31.1 Å². The van der Waals surface area contributed by atoms with Gasteiger partial charge < -0.3 is 4.74 Å². The minimum atomic E-state index is -5.27. The topological polar surface area (TPSA) is 60.4 Å². The molecule has 0 heterocycles. The molecule has 0 N–H and O–H groups in total. The molecule has 4 bridgehead atoms. The molecule has 0 spiro atoms. The summed E-state index contributed by atoms with van der Waals surface area (Å²) in [6, 6.07) is 0. The largest absolute Gasteiger partial charge is 0.507 e. The summed E-state index contributed by atoms with van der Waals surface area (Å²) in [5.74, 6) is -0.402. The number of hydrogen-bond acceptors (Lipinski definition) is 5. The first-order valence-corrected chi connectivity index (χ1v) is 10.2. The van der Waals surface area contributed by atoms with Crippen molar-refractivity contribution in [3.8, 4) is 0 Å². The number of carbonyl (C=O) groups excluding carboxylic acids is 1. The van der Waals surface area contributed by atoms with Crippen LogP contribution in [0.5, 0.6) is 0 Å². The normalized spacial score (nSPS) is 39.3. The lowest BCUT2D eigenvalue weighted by Gasteiger charge is -2.60. The molecule has 4 aliphatic rings. The van der Waals surface area contributed by atoms with Gasteiger partial charge in [0.1, 0.15) is 5.60 Å². The van der Waals surface area contributed by atoms with Gasteiger partial charge in [-0.25, -0.2) is 13.2 Å². The Morgan fingerprint density at radius 3 is 2.26 bits per heavy atom. The van der Waals surface area contributed by atoms with Crippen molar-refractivity contribution in [2.75, 3.05) is 0 Å². The van der Waals surface area contributed by atoms with E-state index in [0.29, 0.717) is 25.7 Å². The van der Waals surface area contributed by atoms with E-state index in [-0.39, 0.29) is 29.1 Å². The van der Waals surface area contributed by atoms with Gasteiger partial charge in [-0.15, -0.1) is 0 Å². The van der Waals surface area contributed by atoms with Gasteiger partial charge in [0.2, 0.25) is 0 Å². The molecule has 0 aromatic heterocycles. The van der Waals surface area contributed by atoms with E-state index in [1.165, 1.54) is 0 Å². The van der Waals surface area contributed by atoms with Crippen molar-refractivity contribution in [3.63, 3.8) is 0 Å². The number of hydrogen-bond donors (Lipinski definition) is 0. The van der Waals surface area contributed by atoms with Crippen LogP contribution in [0.2, 0.25) is 0 Å². The van der Waals surface area contributed by atoms with Gasteiger partial charge in [-0.1, -0.05) is 6.58 Å². The zero-order chi connectivity index (χ0) is 17.1. The van der Waals surface area contributed by atoms with Crippen LogP contribution in [-0.2, 0) is 18.4 Å². The lowest BCUT2D eigenvalue weighted by atomic mass is 9.53. The van der Waals surface area contributed by atoms with E-state index in [4.69, 9.17) is 4.74 Å². The Labute approximate surface area is 136 Å². The number of rotatable bonds is 4. The molecule has 4 saturated carbocycles. The maximum atomic E-state index is 12.8. The average molecular weight is 370 g/mol. The van der Waals surface area contributed by atoms with E-state index in [9.17, 15) is 26.4 Å². The van der Waals surface area contributed by atoms with Crippen LogP contribution in [0.1, 0.15) is 38.5 Å². The monoisotopic (exact) mass is 370 g/mol. The summed E-state index contributed by atoms with van der Waals surface area (Å²) in [6.45, 7) is 3.34. The maximum absolute atomic E-state index is 12.8. The second-order valence-electron chi connectivity index (χ2n) is 6.94. The highest BCUT2D eigenvalue weighted by Crippen LogP contribution is 2.64. The standard InChI is InChI=1S/C14H17F3O4S2/c1-2-11(18)21-12-4-9-3-10(5-12)7-13(6-9,8-12)22-23(19,20)14(15,16)17/h2,9-10H,1,3-8H2. The van der Waals surface area contributed by atoms with Crippen LogP contribution in [0, 0.1) is 11.8 Å². The molecule has 4 rings (SSSR count). The number of alkyl halides is 3. The molecule has 0 aliphatic heterocycles. The first-order chi connectivity index (χ1) is 10.5. The predicted molar refractivity (Wildman–Crippen MR) is 79.0 cm³/mol. The third-order valence-electron chi connectivity index (χ3n) is 5.01. The number of ether oxygens (including phenoxy) is 1. The van der Waals surface area contributed by atoms with Crippen molar-refractivity contribution in [2.45, 2.75) is 54.4 Å². The molecule has 0 amide bonds. The number of carbonyl (C=O) groups is 1. The predicted octanol–water partition coefficient (Wildman–Crippen LogP) is 3.39. The second-order valence-corrected chi connectivity index (χ2v) is 11.2. The molecule has 4 nitrogen and oxygen atoms in total.